The fraction of sp³-hybridized carbons (Fsp3) is 0.167. The molecule has 3 N–H and O–H groups in total. The van der Waals surface area contributed by atoms with Gasteiger partial charge in [-0.05, 0) is 42.5 Å². The fourth-order valence-electron chi connectivity index (χ4n) is 2.77. The van der Waals surface area contributed by atoms with Gasteiger partial charge >= 0.3 is 51.4 Å². The predicted molar refractivity (Wildman–Crippen MR) is 112 cm³/mol. The van der Waals surface area contributed by atoms with E-state index in [0.717, 1.165) is 29.3 Å². The largest absolute Gasteiger partial charge is 1.00 e. The monoisotopic (exact) mass is 533 g/mol. The van der Waals surface area contributed by atoms with Gasteiger partial charge in [0.2, 0.25) is 6.04 Å². The van der Waals surface area contributed by atoms with Crippen molar-refractivity contribution in [1.29, 1.82) is 0 Å². The first kappa shape index (κ1) is 28.3. The molecule has 0 spiro atoms. The van der Waals surface area contributed by atoms with E-state index < -0.39 is 60.8 Å². The molecule has 1 atom stereocenters. The van der Waals surface area contributed by atoms with Crippen LogP contribution in [0.1, 0.15) is 0 Å². The summed E-state index contributed by atoms with van der Waals surface area (Å²) in [6.45, 7) is -0.569. The molecule has 2 aromatic rings. The number of sulfone groups is 1. The Bertz CT molecular complexity index is 1380. The van der Waals surface area contributed by atoms with E-state index in [0.29, 0.717) is 0 Å². The minimum atomic E-state index is -4.70. The normalized spacial score (nSPS) is 16.4. The number of nitrogens with zero attached hydrogens (tertiary/aromatic N) is 4. The van der Waals surface area contributed by atoms with Gasteiger partial charge in [-0.2, -0.15) is 20.3 Å². The Morgan fingerprint density at radius 3 is 2.32 bits per heavy atom. The Labute approximate surface area is 236 Å². The summed E-state index contributed by atoms with van der Waals surface area (Å²) in [5.74, 6) is -2.39. The maximum atomic E-state index is 12.8. The van der Waals surface area contributed by atoms with Crippen molar-refractivity contribution in [2.75, 3.05) is 17.4 Å². The van der Waals surface area contributed by atoms with E-state index in [-0.39, 0.29) is 67.7 Å². The molecule has 0 radical (unpaired) electrons. The predicted octanol–water partition coefficient (Wildman–Crippen LogP) is -3.30. The number of nitrogens with two attached hydrogens (primary N) is 1. The van der Waals surface area contributed by atoms with Crippen LogP contribution >= 0.6 is 0 Å². The topological polar surface area (TPSA) is 212 Å². The minimum absolute atomic E-state index is 0. The van der Waals surface area contributed by atoms with E-state index in [1.807, 2.05) is 0 Å². The SMILES string of the molecule is NC(=O)C1=NN(c2ccc(S(=O)(=O)[O-])cc2)C(=O)C1N=Nc1cccc(S(=O)(=O)CCO)c1.[K+]. The van der Waals surface area contributed by atoms with E-state index in [4.69, 9.17) is 10.8 Å². The Balaban J connectivity index is 0.00000408. The molecular formula is C18H16KN5O8S2. The summed E-state index contributed by atoms with van der Waals surface area (Å²) < 4.78 is 57.4. The standard InChI is InChI=1S/C18H17N5O8S2.K/c19-17(25)15-16(21-20-11-2-1-3-14(10-11)32(27,28)9-8-24)18(26)23(22-15)12-4-6-13(7-5-12)33(29,30)31;/h1-7,10,16,24H,8-9H2,(H2,19,25)(H,29,30,31);/q;+1/p-1. The maximum Gasteiger partial charge on any atom is 1.00 e. The average molecular weight is 534 g/mol. The first-order valence-corrected chi connectivity index (χ1v) is 12.1. The molecule has 13 nitrogen and oxygen atoms in total. The van der Waals surface area contributed by atoms with E-state index in [9.17, 15) is 31.0 Å². The zero-order chi connectivity index (χ0) is 24.4. The second kappa shape index (κ2) is 11.2. The van der Waals surface area contributed by atoms with Crippen LogP contribution in [-0.4, -0.2) is 62.4 Å². The Kier molecular flexibility index (Phi) is 9.36. The molecule has 0 fully saturated rings. The van der Waals surface area contributed by atoms with Gasteiger partial charge in [-0.3, -0.25) is 9.59 Å². The van der Waals surface area contributed by atoms with Gasteiger partial charge in [-0.1, -0.05) is 6.07 Å². The van der Waals surface area contributed by atoms with Gasteiger partial charge in [-0.25, -0.2) is 16.8 Å². The quantitative estimate of drug-likeness (QED) is 0.199. The minimum Gasteiger partial charge on any atom is -0.744 e. The summed E-state index contributed by atoms with van der Waals surface area (Å²) in [6.07, 6.45) is 0. The molecule has 0 bridgehead atoms. The summed E-state index contributed by atoms with van der Waals surface area (Å²) in [5, 5.41) is 21.1. The Morgan fingerprint density at radius 2 is 1.76 bits per heavy atom. The summed E-state index contributed by atoms with van der Waals surface area (Å²) in [7, 11) is -8.46. The van der Waals surface area contributed by atoms with E-state index >= 15 is 0 Å². The van der Waals surface area contributed by atoms with Crippen LogP contribution in [-0.2, 0) is 29.5 Å². The number of carbonyl (C=O) groups excluding carboxylic acids is 2. The van der Waals surface area contributed by atoms with Gasteiger partial charge < -0.3 is 15.4 Å². The van der Waals surface area contributed by atoms with Crippen molar-refractivity contribution >= 4 is 48.9 Å². The number of anilines is 1. The zero-order valence-electron chi connectivity index (χ0n) is 17.6. The summed E-state index contributed by atoms with van der Waals surface area (Å²) >= 11 is 0. The molecule has 0 aliphatic carbocycles. The van der Waals surface area contributed by atoms with Crippen molar-refractivity contribution in [3.8, 4) is 0 Å². The molecule has 1 heterocycles. The van der Waals surface area contributed by atoms with Crippen molar-refractivity contribution in [1.82, 2.24) is 0 Å². The molecule has 0 saturated carbocycles. The number of benzene rings is 2. The number of hydrazone groups is 1. The number of azo groups is 1. The van der Waals surface area contributed by atoms with Crippen LogP contribution in [0.5, 0.6) is 0 Å². The van der Waals surface area contributed by atoms with Crippen LogP contribution < -0.4 is 62.1 Å². The molecule has 2 aromatic carbocycles. The van der Waals surface area contributed by atoms with E-state index in [1.165, 1.54) is 24.3 Å². The van der Waals surface area contributed by atoms with E-state index in [2.05, 4.69) is 15.3 Å². The van der Waals surface area contributed by atoms with Gasteiger partial charge in [0, 0.05) is 0 Å². The Morgan fingerprint density at radius 1 is 1.12 bits per heavy atom. The number of amides is 2. The van der Waals surface area contributed by atoms with E-state index in [1.54, 1.807) is 0 Å². The van der Waals surface area contributed by atoms with Gasteiger partial charge in [-0.15, -0.1) is 0 Å². The van der Waals surface area contributed by atoms with Crippen molar-refractivity contribution in [2.24, 2.45) is 21.1 Å². The third-order valence-corrected chi connectivity index (χ3v) is 6.90. The third-order valence-electron chi connectivity index (χ3n) is 4.36. The van der Waals surface area contributed by atoms with Crippen LogP contribution in [0.2, 0.25) is 0 Å². The van der Waals surface area contributed by atoms with Crippen LogP contribution in [0.15, 0.2) is 73.7 Å². The number of aliphatic hydroxyl groups excluding tert-OH is 1. The molecule has 0 saturated heterocycles. The van der Waals surface area contributed by atoms with Crippen molar-refractivity contribution in [3.63, 3.8) is 0 Å². The Hall–Kier alpha value is -1.89. The van der Waals surface area contributed by atoms with Crippen LogP contribution in [0.4, 0.5) is 11.4 Å². The second-order valence-corrected chi connectivity index (χ2v) is 10.1. The average Bonchev–Trinajstić information content (AvgIpc) is 3.08. The summed E-state index contributed by atoms with van der Waals surface area (Å²) in [5.41, 5.74) is 4.92. The summed E-state index contributed by atoms with van der Waals surface area (Å²) in [6, 6.07) is 7.94. The molecule has 16 heteroatoms. The number of aliphatic hydroxyl groups is 1. The van der Waals surface area contributed by atoms with Gasteiger partial charge in [0.1, 0.15) is 10.1 Å². The number of hydrogen-bond acceptors (Lipinski definition) is 11. The first-order chi connectivity index (χ1) is 15.4. The molecule has 0 aromatic heterocycles. The smallest absolute Gasteiger partial charge is 0.744 e. The number of rotatable bonds is 8. The number of hydrogen-bond donors (Lipinski definition) is 2. The van der Waals surface area contributed by atoms with Gasteiger partial charge in [0.05, 0.1) is 33.5 Å². The molecule has 174 valence electrons. The third kappa shape index (κ3) is 6.40. The van der Waals surface area contributed by atoms with Crippen molar-refractivity contribution < 1.29 is 87.5 Å². The molecular weight excluding hydrogens is 517 g/mol. The first-order valence-electron chi connectivity index (χ1n) is 9.07. The molecule has 2 amide bonds. The zero-order valence-corrected chi connectivity index (χ0v) is 22.4. The van der Waals surface area contributed by atoms with Crippen LogP contribution in [0.25, 0.3) is 0 Å². The molecule has 1 aliphatic rings. The van der Waals surface area contributed by atoms with Crippen molar-refractivity contribution in [3.05, 3.63) is 48.5 Å². The second-order valence-electron chi connectivity index (χ2n) is 6.61. The molecule has 1 aliphatic heterocycles. The van der Waals surface area contributed by atoms with Crippen molar-refractivity contribution in [2.45, 2.75) is 15.8 Å². The number of carbonyl (C=O) groups is 2. The van der Waals surface area contributed by atoms with Gasteiger partial charge in [0.15, 0.2) is 15.5 Å². The molecule has 1 unspecified atom stereocenters. The molecule has 3 rings (SSSR count). The van der Waals surface area contributed by atoms with Gasteiger partial charge in [0.25, 0.3) is 11.8 Å². The molecule has 34 heavy (non-hydrogen) atoms. The number of primary amides is 1. The van der Waals surface area contributed by atoms with Crippen LogP contribution in [0.3, 0.4) is 0 Å². The maximum absolute atomic E-state index is 12.8. The fourth-order valence-corrected chi connectivity index (χ4v) is 4.30. The summed E-state index contributed by atoms with van der Waals surface area (Å²) in [4.78, 5) is 23.9. The van der Waals surface area contributed by atoms with Crippen LogP contribution in [0, 0.1) is 0 Å².